The monoisotopic (exact) mass is 290 g/mol. The van der Waals surface area contributed by atoms with E-state index in [2.05, 4.69) is 20.2 Å². The fourth-order valence-corrected chi connectivity index (χ4v) is 2.47. The molecule has 0 aliphatic heterocycles. The van der Waals surface area contributed by atoms with Crippen molar-refractivity contribution in [1.82, 2.24) is 29.4 Å². The van der Waals surface area contributed by atoms with Gasteiger partial charge in [0.1, 0.15) is 5.69 Å². The van der Waals surface area contributed by atoms with Crippen LogP contribution in [0.5, 0.6) is 0 Å². The number of aryl methyl sites for hydroxylation is 1. The van der Waals surface area contributed by atoms with Crippen LogP contribution in [-0.2, 0) is 13.5 Å². The highest BCUT2D eigenvalue weighted by Gasteiger charge is 2.12. The third-order valence-electron chi connectivity index (χ3n) is 3.61. The van der Waals surface area contributed by atoms with Crippen LogP contribution in [0, 0.1) is 0 Å². The van der Waals surface area contributed by atoms with Gasteiger partial charge in [0.2, 0.25) is 0 Å². The van der Waals surface area contributed by atoms with E-state index < -0.39 is 0 Å². The van der Waals surface area contributed by atoms with Gasteiger partial charge >= 0.3 is 0 Å². The minimum Gasteiger partial charge on any atom is -0.272 e. The van der Waals surface area contributed by atoms with Gasteiger partial charge in [0, 0.05) is 36.9 Å². The van der Waals surface area contributed by atoms with Crippen LogP contribution < -0.4 is 0 Å². The summed E-state index contributed by atoms with van der Waals surface area (Å²) in [5.41, 5.74) is 3.72. The van der Waals surface area contributed by atoms with Crippen LogP contribution in [0.4, 0.5) is 0 Å². The lowest BCUT2D eigenvalue weighted by Crippen LogP contribution is -2.00. The molecule has 1 aromatic carbocycles. The van der Waals surface area contributed by atoms with Gasteiger partial charge < -0.3 is 0 Å². The van der Waals surface area contributed by atoms with Crippen molar-refractivity contribution in [2.24, 2.45) is 7.05 Å². The third-order valence-corrected chi connectivity index (χ3v) is 3.61. The van der Waals surface area contributed by atoms with Gasteiger partial charge in [-0.1, -0.05) is 30.3 Å². The van der Waals surface area contributed by atoms with Gasteiger partial charge in [0.05, 0.1) is 6.42 Å². The first-order valence-electron chi connectivity index (χ1n) is 7.04. The lowest BCUT2D eigenvalue weighted by Gasteiger charge is -2.00. The van der Waals surface area contributed by atoms with Crippen molar-refractivity contribution in [1.29, 1.82) is 0 Å². The predicted molar refractivity (Wildman–Crippen MR) is 82.2 cm³/mol. The van der Waals surface area contributed by atoms with Crippen molar-refractivity contribution in [3.63, 3.8) is 0 Å². The molecular weight excluding hydrogens is 276 g/mol. The molecule has 4 rings (SSSR count). The van der Waals surface area contributed by atoms with Crippen molar-refractivity contribution in [3.8, 4) is 11.3 Å². The molecule has 0 amide bonds. The topological polar surface area (TPSA) is 60.9 Å². The maximum Gasteiger partial charge on any atom is 0.181 e. The summed E-state index contributed by atoms with van der Waals surface area (Å²) >= 11 is 0. The summed E-state index contributed by atoms with van der Waals surface area (Å²) in [6.45, 7) is 0. The van der Waals surface area contributed by atoms with Gasteiger partial charge in [-0.05, 0) is 6.07 Å². The lowest BCUT2D eigenvalue weighted by molar-refractivity contribution is 0.714. The molecule has 6 nitrogen and oxygen atoms in total. The molecule has 0 saturated heterocycles. The zero-order valence-corrected chi connectivity index (χ0v) is 12.1. The molecule has 0 atom stereocenters. The Balaban J connectivity index is 1.80. The van der Waals surface area contributed by atoms with Gasteiger partial charge in [0.15, 0.2) is 11.5 Å². The normalized spacial score (nSPS) is 11.1. The molecule has 0 radical (unpaired) electrons. The molecule has 6 heteroatoms. The second kappa shape index (κ2) is 5.07. The van der Waals surface area contributed by atoms with Crippen LogP contribution in [0.2, 0.25) is 0 Å². The van der Waals surface area contributed by atoms with Gasteiger partial charge in [0.25, 0.3) is 0 Å². The molecule has 0 bridgehead atoms. The zero-order valence-electron chi connectivity index (χ0n) is 12.1. The summed E-state index contributed by atoms with van der Waals surface area (Å²) in [6.07, 6.45) is 5.99. The lowest BCUT2D eigenvalue weighted by atomic mass is 10.1. The average Bonchev–Trinajstić information content (AvgIpc) is 3.14. The molecule has 0 aliphatic carbocycles. The summed E-state index contributed by atoms with van der Waals surface area (Å²) < 4.78 is 3.61. The predicted octanol–water partition coefficient (Wildman–Crippen LogP) is 2.12. The molecule has 0 N–H and O–H groups in total. The molecule has 3 heterocycles. The minimum absolute atomic E-state index is 0.645. The van der Waals surface area contributed by atoms with Crippen molar-refractivity contribution >= 4 is 5.65 Å². The van der Waals surface area contributed by atoms with E-state index in [0.29, 0.717) is 6.42 Å². The number of nitrogens with zero attached hydrogens (tertiary/aromatic N) is 6. The van der Waals surface area contributed by atoms with Crippen molar-refractivity contribution in [2.75, 3.05) is 0 Å². The number of benzene rings is 1. The van der Waals surface area contributed by atoms with Crippen LogP contribution in [0.3, 0.4) is 0 Å². The first-order valence-corrected chi connectivity index (χ1v) is 7.04. The minimum atomic E-state index is 0.645. The fourth-order valence-electron chi connectivity index (χ4n) is 2.47. The van der Waals surface area contributed by atoms with E-state index in [1.807, 2.05) is 54.3 Å². The molecule has 0 saturated carbocycles. The molecular formula is C16H14N6. The zero-order chi connectivity index (χ0) is 14.9. The Hall–Kier alpha value is -3.02. The van der Waals surface area contributed by atoms with E-state index in [-0.39, 0.29) is 0 Å². The summed E-state index contributed by atoms with van der Waals surface area (Å²) in [4.78, 5) is 9.12. The SMILES string of the molecule is Cn1nccc1Cc1nc2c(-c3ccccc3)nccn2n1. The second-order valence-corrected chi connectivity index (χ2v) is 5.06. The molecule has 0 aliphatic rings. The van der Waals surface area contributed by atoms with Crippen molar-refractivity contribution in [3.05, 3.63) is 66.5 Å². The number of fused-ring (bicyclic) bond motifs is 1. The maximum atomic E-state index is 4.65. The highest BCUT2D eigenvalue weighted by atomic mass is 15.3. The Bertz CT molecular complexity index is 922. The summed E-state index contributed by atoms with van der Waals surface area (Å²) in [6, 6.07) is 12.0. The maximum absolute atomic E-state index is 4.65. The molecule has 22 heavy (non-hydrogen) atoms. The standard InChI is InChI=1S/C16H14N6/c1-21-13(7-8-18-21)11-14-19-16-15(12-5-3-2-4-6-12)17-9-10-22(16)20-14/h2-10H,11H2,1H3. The summed E-state index contributed by atoms with van der Waals surface area (Å²) in [5.74, 6) is 0.758. The molecule has 0 spiro atoms. The summed E-state index contributed by atoms with van der Waals surface area (Å²) in [5, 5.41) is 8.71. The fraction of sp³-hybridized carbons (Fsp3) is 0.125. The Morgan fingerprint density at radius 2 is 1.91 bits per heavy atom. The van der Waals surface area contributed by atoms with Crippen molar-refractivity contribution in [2.45, 2.75) is 6.42 Å². The Labute approximate surface area is 127 Å². The molecule has 4 aromatic rings. The quantitative estimate of drug-likeness (QED) is 0.580. The molecule has 3 aromatic heterocycles. The Morgan fingerprint density at radius 3 is 2.68 bits per heavy atom. The van der Waals surface area contributed by atoms with Crippen molar-refractivity contribution < 1.29 is 0 Å². The second-order valence-electron chi connectivity index (χ2n) is 5.06. The van der Waals surface area contributed by atoms with Gasteiger partial charge in [-0.3, -0.25) is 9.67 Å². The first kappa shape index (κ1) is 12.7. The summed E-state index contributed by atoms with van der Waals surface area (Å²) in [7, 11) is 1.92. The smallest absolute Gasteiger partial charge is 0.181 e. The largest absolute Gasteiger partial charge is 0.272 e. The van der Waals surface area contributed by atoms with E-state index >= 15 is 0 Å². The van der Waals surface area contributed by atoms with Crippen LogP contribution in [-0.4, -0.2) is 29.4 Å². The van der Waals surface area contributed by atoms with E-state index in [0.717, 1.165) is 28.4 Å². The van der Waals surface area contributed by atoms with Crippen LogP contribution in [0.25, 0.3) is 16.9 Å². The van der Waals surface area contributed by atoms with E-state index in [4.69, 9.17) is 0 Å². The number of rotatable bonds is 3. The number of hydrogen-bond donors (Lipinski definition) is 0. The first-order chi connectivity index (χ1) is 10.8. The van der Waals surface area contributed by atoms with Crippen LogP contribution in [0.15, 0.2) is 55.0 Å². The van der Waals surface area contributed by atoms with E-state index in [1.165, 1.54) is 0 Å². The Kier molecular flexibility index (Phi) is 2.93. The highest BCUT2D eigenvalue weighted by molar-refractivity contribution is 5.73. The highest BCUT2D eigenvalue weighted by Crippen LogP contribution is 2.20. The van der Waals surface area contributed by atoms with Crippen LogP contribution >= 0.6 is 0 Å². The van der Waals surface area contributed by atoms with E-state index in [1.54, 1.807) is 16.9 Å². The van der Waals surface area contributed by atoms with Gasteiger partial charge in [-0.15, -0.1) is 0 Å². The third kappa shape index (κ3) is 2.14. The number of hydrogen-bond acceptors (Lipinski definition) is 4. The molecule has 0 unspecified atom stereocenters. The number of aromatic nitrogens is 6. The van der Waals surface area contributed by atoms with Crippen LogP contribution in [0.1, 0.15) is 11.5 Å². The van der Waals surface area contributed by atoms with Gasteiger partial charge in [-0.2, -0.15) is 10.2 Å². The Morgan fingerprint density at radius 1 is 1.05 bits per heavy atom. The van der Waals surface area contributed by atoms with E-state index in [9.17, 15) is 0 Å². The molecule has 0 fully saturated rings. The van der Waals surface area contributed by atoms with Gasteiger partial charge in [-0.25, -0.2) is 9.50 Å². The average molecular weight is 290 g/mol. The molecule has 108 valence electrons.